The van der Waals surface area contributed by atoms with E-state index in [1.54, 1.807) is 0 Å². The highest BCUT2D eigenvalue weighted by Crippen LogP contribution is 2.17. The highest BCUT2D eigenvalue weighted by atomic mass is 16.6. The predicted molar refractivity (Wildman–Crippen MR) is 233 cm³/mol. The molecule has 0 rings (SSSR count). The summed E-state index contributed by atoms with van der Waals surface area (Å²) < 4.78 is 16.7. The Labute approximate surface area is 342 Å². The van der Waals surface area contributed by atoms with E-state index in [1.807, 2.05) is 0 Å². The second-order valence-electron chi connectivity index (χ2n) is 17.7. The maximum Gasteiger partial charge on any atom is 0.306 e. The second kappa shape index (κ2) is 42.0. The number of esters is 3. The van der Waals surface area contributed by atoms with Crippen molar-refractivity contribution in [3.05, 3.63) is 0 Å². The lowest BCUT2D eigenvalue weighted by atomic mass is 10.0. The van der Waals surface area contributed by atoms with Gasteiger partial charge in [0, 0.05) is 19.3 Å². The van der Waals surface area contributed by atoms with Crippen LogP contribution >= 0.6 is 0 Å². The van der Waals surface area contributed by atoms with Gasteiger partial charge in [0.05, 0.1) is 0 Å². The first-order valence-electron chi connectivity index (χ1n) is 24.2. The fraction of sp³-hybridized carbons (Fsp3) is 0.939. The zero-order valence-corrected chi connectivity index (χ0v) is 37.6. The maximum absolute atomic E-state index is 12.7. The molecular weight excluding hydrogens is 685 g/mol. The van der Waals surface area contributed by atoms with Crippen LogP contribution in [0.15, 0.2) is 0 Å². The van der Waals surface area contributed by atoms with Gasteiger partial charge in [0.25, 0.3) is 0 Å². The molecule has 0 fully saturated rings. The van der Waals surface area contributed by atoms with Gasteiger partial charge in [0.1, 0.15) is 13.2 Å². The van der Waals surface area contributed by atoms with Crippen LogP contribution < -0.4 is 0 Å². The molecule has 0 aliphatic rings. The standard InChI is InChI=1S/C49H94O6/c1-6-7-8-9-10-11-12-17-20-23-29-34-39-47(50)53-42-46(43-54-48(51)40-35-30-26-25-28-33-38-45(4)5)55-49(52)41-36-31-24-21-18-15-13-14-16-19-22-27-32-37-44(2)3/h44-46H,6-43H2,1-5H3/t46-/m0/s1. The molecule has 6 heteroatoms. The van der Waals surface area contributed by atoms with E-state index in [9.17, 15) is 14.4 Å². The number of hydrogen-bond acceptors (Lipinski definition) is 6. The maximum atomic E-state index is 12.7. The van der Waals surface area contributed by atoms with E-state index < -0.39 is 6.10 Å². The number of hydrogen-bond donors (Lipinski definition) is 0. The number of unbranched alkanes of at least 4 members (excludes halogenated alkanes) is 28. The summed E-state index contributed by atoms with van der Waals surface area (Å²) in [6, 6.07) is 0. The lowest BCUT2D eigenvalue weighted by Crippen LogP contribution is -2.30. The molecule has 0 saturated heterocycles. The monoisotopic (exact) mass is 779 g/mol. The molecule has 55 heavy (non-hydrogen) atoms. The van der Waals surface area contributed by atoms with Crippen LogP contribution in [0.5, 0.6) is 0 Å². The third kappa shape index (κ3) is 43.4. The number of rotatable bonds is 43. The van der Waals surface area contributed by atoms with Crippen LogP contribution in [0.25, 0.3) is 0 Å². The average Bonchev–Trinajstić information content (AvgIpc) is 3.15. The van der Waals surface area contributed by atoms with Crippen molar-refractivity contribution in [2.45, 2.75) is 272 Å². The first-order valence-corrected chi connectivity index (χ1v) is 24.2. The summed E-state index contributed by atoms with van der Waals surface area (Å²) >= 11 is 0. The lowest BCUT2D eigenvalue weighted by Gasteiger charge is -2.18. The van der Waals surface area contributed by atoms with Crippen molar-refractivity contribution in [2.24, 2.45) is 11.8 Å². The smallest absolute Gasteiger partial charge is 0.306 e. The van der Waals surface area contributed by atoms with E-state index in [2.05, 4.69) is 34.6 Å². The second-order valence-corrected chi connectivity index (χ2v) is 17.7. The van der Waals surface area contributed by atoms with E-state index in [-0.39, 0.29) is 31.1 Å². The van der Waals surface area contributed by atoms with Gasteiger partial charge in [-0.15, -0.1) is 0 Å². The summed E-state index contributed by atoms with van der Waals surface area (Å²) in [5.41, 5.74) is 0. The molecule has 0 N–H and O–H groups in total. The van der Waals surface area contributed by atoms with Crippen LogP contribution in [0.2, 0.25) is 0 Å². The summed E-state index contributed by atoms with van der Waals surface area (Å²) in [5.74, 6) is 0.744. The molecule has 0 aromatic heterocycles. The van der Waals surface area contributed by atoms with Gasteiger partial charge < -0.3 is 14.2 Å². The summed E-state index contributed by atoms with van der Waals surface area (Å²) in [6.45, 7) is 11.3. The van der Waals surface area contributed by atoms with Gasteiger partial charge in [-0.3, -0.25) is 14.4 Å². The molecule has 0 heterocycles. The Morgan fingerprint density at radius 3 is 0.891 bits per heavy atom. The van der Waals surface area contributed by atoms with Gasteiger partial charge >= 0.3 is 17.9 Å². The Balaban J connectivity index is 4.29. The largest absolute Gasteiger partial charge is 0.462 e. The minimum Gasteiger partial charge on any atom is -0.462 e. The van der Waals surface area contributed by atoms with Gasteiger partial charge in [-0.25, -0.2) is 0 Å². The SMILES string of the molecule is CCCCCCCCCCCCCCC(=O)OC[C@@H](COC(=O)CCCCCCCCC(C)C)OC(=O)CCCCCCCCCCCCCCCC(C)C. The van der Waals surface area contributed by atoms with Gasteiger partial charge in [-0.2, -0.15) is 0 Å². The minimum atomic E-state index is -0.761. The normalized spacial score (nSPS) is 12.1. The Hall–Kier alpha value is -1.59. The Kier molecular flexibility index (Phi) is 40.8. The third-order valence-corrected chi connectivity index (χ3v) is 11.0. The zero-order chi connectivity index (χ0) is 40.5. The summed E-state index contributed by atoms with van der Waals surface area (Å²) in [5, 5.41) is 0. The van der Waals surface area contributed by atoms with Crippen molar-refractivity contribution in [3.63, 3.8) is 0 Å². The van der Waals surface area contributed by atoms with Crippen molar-refractivity contribution < 1.29 is 28.6 Å². The van der Waals surface area contributed by atoms with Crippen molar-refractivity contribution in [2.75, 3.05) is 13.2 Å². The molecule has 0 aliphatic heterocycles. The Morgan fingerprint density at radius 2 is 0.600 bits per heavy atom. The first-order chi connectivity index (χ1) is 26.7. The molecule has 0 aliphatic carbocycles. The number of ether oxygens (including phenoxy) is 3. The molecule has 0 aromatic carbocycles. The molecule has 0 unspecified atom stereocenters. The third-order valence-electron chi connectivity index (χ3n) is 11.0. The molecule has 0 aromatic rings. The van der Waals surface area contributed by atoms with E-state index in [0.717, 1.165) is 69.6 Å². The Morgan fingerprint density at radius 1 is 0.345 bits per heavy atom. The fourth-order valence-electron chi connectivity index (χ4n) is 7.28. The topological polar surface area (TPSA) is 78.9 Å². The van der Waals surface area contributed by atoms with E-state index in [0.29, 0.717) is 19.3 Å². The van der Waals surface area contributed by atoms with Gasteiger partial charge in [-0.1, -0.05) is 227 Å². The molecule has 326 valence electrons. The minimum absolute atomic E-state index is 0.0649. The van der Waals surface area contributed by atoms with E-state index in [4.69, 9.17) is 14.2 Å². The first kappa shape index (κ1) is 53.4. The van der Waals surface area contributed by atoms with Crippen LogP contribution in [-0.2, 0) is 28.6 Å². The molecule has 6 nitrogen and oxygen atoms in total. The fourth-order valence-corrected chi connectivity index (χ4v) is 7.28. The number of carbonyl (C=O) groups is 3. The Bertz CT molecular complexity index is 839. The van der Waals surface area contributed by atoms with Crippen molar-refractivity contribution >= 4 is 17.9 Å². The van der Waals surface area contributed by atoms with Crippen LogP contribution in [0.3, 0.4) is 0 Å². The van der Waals surface area contributed by atoms with Crippen LogP contribution in [0.1, 0.15) is 266 Å². The highest BCUT2D eigenvalue weighted by molar-refractivity contribution is 5.71. The van der Waals surface area contributed by atoms with Gasteiger partial charge in [-0.05, 0) is 31.1 Å². The van der Waals surface area contributed by atoms with Gasteiger partial charge in [0.2, 0.25) is 0 Å². The lowest BCUT2D eigenvalue weighted by molar-refractivity contribution is -0.167. The molecular formula is C49H94O6. The van der Waals surface area contributed by atoms with Crippen molar-refractivity contribution in [1.82, 2.24) is 0 Å². The van der Waals surface area contributed by atoms with Crippen LogP contribution in [-0.4, -0.2) is 37.2 Å². The average molecular weight is 779 g/mol. The summed E-state index contributed by atoms with van der Waals surface area (Å²) in [6.07, 6.45) is 41.0. The molecule has 1 atom stereocenters. The quantitative estimate of drug-likeness (QED) is 0.0348. The molecule has 0 bridgehead atoms. The summed E-state index contributed by atoms with van der Waals surface area (Å²) in [4.78, 5) is 37.8. The van der Waals surface area contributed by atoms with E-state index in [1.165, 1.54) is 154 Å². The molecule has 0 spiro atoms. The van der Waals surface area contributed by atoms with Crippen LogP contribution in [0.4, 0.5) is 0 Å². The predicted octanol–water partition coefficient (Wildman–Crippen LogP) is 15.4. The molecule has 0 saturated carbocycles. The van der Waals surface area contributed by atoms with Crippen LogP contribution in [0, 0.1) is 11.8 Å². The van der Waals surface area contributed by atoms with Gasteiger partial charge in [0.15, 0.2) is 6.10 Å². The van der Waals surface area contributed by atoms with Crippen molar-refractivity contribution in [3.8, 4) is 0 Å². The molecule has 0 radical (unpaired) electrons. The molecule has 0 amide bonds. The zero-order valence-electron chi connectivity index (χ0n) is 37.6. The van der Waals surface area contributed by atoms with E-state index >= 15 is 0 Å². The van der Waals surface area contributed by atoms with Crippen molar-refractivity contribution in [1.29, 1.82) is 0 Å². The number of carbonyl (C=O) groups excluding carboxylic acids is 3. The highest BCUT2D eigenvalue weighted by Gasteiger charge is 2.19. The summed E-state index contributed by atoms with van der Waals surface area (Å²) in [7, 11) is 0.